The summed E-state index contributed by atoms with van der Waals surface area (Å²) in [6.07, 6.45) is 2.92. The summed E-state index contributed by atoms with van der Waals surface area (Å²) in [6, 6.07) is 4.10. The van der Waals surface area contributed by atoms with Gasteiger partial charge in [0.25, 0.3) is 5.69 Å². The number of nitro groups is 1. The average molecular weight is 390 g/mol. The van der Waals surface area contributed by atoms with Crippen LogP contribution in [0.1, 0.15) is 32.6 Å². The van der Waals surface area contributed by atoms with Crippen molar-refractivity contribution in [2.45, 2.75) is 39.2 Å². The van der Waals surface area contributed by atoms with Crippen LogP contribution in [-0.4, -0.2) is 46.5 Å². The molecule has 152 valence electrons. The first-order valence-corrected chi connectivity index (χ1v) is 9.76. The van der Waals surface area contributed by atoms with Crippen molar-refractivity contribution >= 4 is 22.7 Å². The van der Waals surface area contributed by atoms with E-state index in [1.165, 1.54) is 22.8 Å². The summed E-state index contributed by atoms with van der Waals surface area (Å²) in [5.41, 5.74) is 0.571. The largest absolute Gasteiger partial charge is 0.419 e. The molecule has 0 bridgehead atoms. The molecule has 1 aromatic carbocycles. The molecule has 2 heterocycles. The maximum absolute atomic E-state index is 12.4. The van der Waals surface area contributed by atoms with Gasteiger partial charge in [-0.3, -0.25) is 19.5 Å². The van der Waals surface area contributed by atoms with E-state index in [9.17, 15) is 19.7 Å². The maximum atomic E-state index is 12.4. The molecule has 1 aromatic heterocycles. The molecule has 1 aliphatic rings. The second-order valence-corrected chi connectivity index (χ2v) is 7.16. The third kappa shape index (κ3) is 4.59. The fraction of sp³-hybridized carbons (Fsp3) is 0.579. The summed E-state index contributed by atoms with van der Waals surface area (Å²) >= 11 is 0. The molecular formula is C19H26N4O5. The van der Waals surface area contributed by atoms with Crippen molar-refractivity contribution < 1.29 is 14.1 Å². The zero-order chi connectivity index (χ0) is 20.1. The van der Waals surface area contributed by atoms with Crippen molar-refractivity contribution in [1.29, 1.82) is 0 Å². The number of aryl methyl sites for hydroxylation is 1. The van der Waals surface area contributed by atoms with Gasteiger partial charge in [-0.2, -0.15) is 0 Å². The summed E-state index contributed by atoms with van der Waals surface area (Å²) in [5.74, 6) is 0.175. The van der Waals surface area contributed by atoms with Crippen LogP contribution in [0.5, 0.6) is 0 Å². The number of fused-ring (bicyclic) bond motifs is 1. The summed E-state index contributed by atoms with van der Waals surface area (Å²) in [6.45, 7) is 5.97. The number of oxazole rings is 1. The van der Waals surface area contributed by atoms with Gasteiger partial charge in [-0.1, -0.05) is 6.92 Å². The number of carbonyl (C=O) groups is 1. The lowest BCUT2D eigenvalue weighted by Gasteiger charge is -2.32. The van der Waals surface area contributed by atoms with Crippen LogP contribution in [0, 0.1) is 16.0 Å². The van der Waals surface area contributed by atoms with Crippen molar-refractivity contribution in [2.75, 3.05) is 26.2 Å². The van der Waals surface area contributed by atoms with Gasteiger partial charge in [0.2, 0.25) is 5.91 Å². The van der Waals surface area contributed by atoms with Crippen LogP contribution in [-0.2, 0) is 11.3 Å². The first-order valence-electron chi connectivity index (χ1n) is 9.76. The average Bonchev–Trinajstić information content (AvgIpc) is 3.01. The zero-order valence-corrected chi connectivity index (χ0v) is 16.1. The van der Waals surface area contributed by atoms with Crippen LogP contribution in [0.4, 0.5) is 5.69 Å². The number of nitrogens with one attached hydrogen (secondary N) is 1. The van der Waals surface area contributed by atoms with Crippen LogP contribution in [0.15, 0.2) is 27.4 Å². The molecule has 1 amide bonds. The van der Waals surface area contributed by atoms with Crippen molar-refractivity contribution in [3.05, 3.63) is 38.9 Å². The van der Waals surface area contributed by atoms with Crippen molar-refractivity contribution in [3.63, 3.8) is 0 Å². The number of hydrogen-bond donors (Lipinski definition) is 1. The van der Waals surface area contributed by atoms with E-state index in [4.69, 9.17) is 4.42 Å². The second kappa shape index (κ2) is 9.01. The fourth-order valence-electron chi connectivity index (χ4n) is 3.66. The third-order valence-electron chi connectivity index (χ3n) is 5.29. The topological polar surface area (TPSA) is 111 Å². The summed E-state index contributed by atoms with van der Waals surface area (Å²) in [4.78, 5) is 36.7. The highest BCUT2D eigenvalue weighted by Crippen LogP contribution is 2.21. The second-order valence-electron chi connectivity index (χ2n) is 7.16. The molecule has 0 unspecified atom stereocenters. The number of rotatable bonds is 8. The monoisotopic (exact) mass is 390 g/mol. The van der Waals surface area contributed by atoms with Gasteiger partial charge in [-0.15, -0.1) is 0 Å². The number of piperidine rings is 1. The smallest absolute Gasteiger partial charge is 0.407 e. The first-order chi connectivity index (χ1) is 13.5. The minimum absolute atomic E-state index is 0.110. The van der Waals surface area contributed by atoms with Crippen molar-refractivity contribution in [2.24, 2.45) is 5.92 Å². The molecule has 0 radical (unpaired) electrons. The van der Waals surface area contributed by atoms with Crippen LogP contribution in [0.3, 0.4) is 0 Å². The van der Waals surface area contributed by atoms with E-state index < -0.39 is 10.7 Å². The van der Waals surface area contributed by atoms with Crippen molar-refractivity contribution in [1.82, 2.24) is 14.8 Å². The van der Waals surface area contributed by atoms with E-state index in [0.29, 0.717) is 30.8 Å². The van der Waals surface area contributed by atoms with E-state index in [-0.39, 0.29) is 17.2 Å². The fourth-order valence-corrected chi connectivity index (χ4v) is 3.66. The predicted molar refractivity (Wildman–Crippen MR) is 104 cm³/mol. The number of amides is 1. The maximum Gasteiger partial charge on any atom is 0.419 e. The lowest BCUT2D eigenvalue weighted by molar-refractivity contribution is -0.384. The molecule has 3 rings (SSSR count). The molecule has 1 fully saturated rings. The number of nitro benzene ring substituents is 1. The van der Waals surface area contributed by atoms with E-state index in [1.54, 1.807) is 0 Å². The van der Waals surface area contributed by atoms with E-state index in [2.05, 4.69) is 12.2 Å². The van der Waals surface area contributed by atoms with Gasteiger partial charge in [-0.05, 0) is 44.3 Å². The Kier molecular flexibility index (Phi) is 6.45. The Bertz CT molecular complexity index is 895. The quantitative estimate of drug-likeness (QED) is 0.546. The Hall–Kier alpha value is -2.68. The predicted octanol–water partition coefficient (Wildman–Crippen LogP) is 2.13. The molecule has 1 N–H and O–H groups in total. The molecule has 1 aliphatic heterocycles. The Labute approximate surface area is 162 Å². The standard InChI is InChI=1S/C19H26N4O5/c1-2-20-13-14-7-10-21(11-8-14)18(24)4-3-9-22-16-6-5-15(23(26)27)12-17(16)28-19(22)25/h5-6,12,14,20H,2-4,7-11,13H2,1H3. The lowest BCUT2D eigenvalue weighted by atomic mass is 9.96. The Morgan fingerprint density at radius 3 is 2.79 bits per heavy atom. The Balaban J connectivity index is 1.52. The highest BCUT2D eigenvalue weighted by Gasteiger charge is 2.22. The number of aromatic nitrogens is 1. The van der Waals surface area contributed by atoms with Gasteiger partial charge in [0, 0.05) is 32.1 Å². The molecule has 0 atom stereocenters. The van der Waals surface area contributed by atoms with Gasteiger partial charge in [0.15, 0.2) is 5.58 Å². The van der Waals surface area contributed by atoms with E-state index >= 15 is 0 Å². The van der Waals surface area contributed by atoms with Gasteiger partial charge in [0.1, 0.15) is 0 Å². The molecule has 9 nitrogen and oxygen atoms in total. The number of likely N-dealkylation sites (tertiary alicyclic amines) is 1. The van der Waals surface area contributed by atoms with Crippen LogP contribution < -0.4 is 11.1 Å². The zero-order valence-electron chi connectivity index (χ0n) is 16.1. The summed E-state index contributed by atoms with van der Waals surface area (Å²) in [7, 11) is 0. The van der Waals surface area contributed by atoms with E-state index in [1.807, 2.05) is 4.90 Å². The number of non-ortho nitro benzene ring substituents is 1. The minimum Gasteiger partial charge on any atom is -0.407 e. The molecule has 0 spiro atoms. The minimum atomic E-state index is -0.563. The number of benzene rings is 1. The molecule has 1 saturated heterocycles. The highest BCUT2D eigenvalue weighted by atomic mass is 16.6. The lowest BCUT2D eigenvalue weighted by Crippen LogP contribution is -2.40. The Morgan fingerprint density at radius 2 is 2.11 bits per heavy atom. The van der Waals surface area contributed by atoms with Crippen molar-refractivity contribution in [3.8, 4) is 0 Å². The van der Waals surface area contributed by atoms with Gasteiger partial charge in [-0.25, -0.2) is 4.79 Å². The highest BCUT2D eigenvalue weighted by molar-refractivity contribution is 5.77. The summed E-state index contributed by atoms with van der Waals surface area (Å²) in [5, 5.41) is 14.2. The molecule has 28 heavy (non-hydrogen) atoms. The first kappa shape index (κ1) is 20.1. The Morgan fingerprint density at radius 1 is 1.36 bits per heavy atom. The number of carbonyl (C=O) groups excluding carboxylic acids is 1. The molecular weight excluding hydrogens is 364 g/mol. The van der Waals surface area contributed by atoms with Gasteiger partial charge >= 0.3 is 5.76 Å². The number of nitrogens with zero attached hydrogens (tertiary/aromatic N) is 3. The van der Waals surface area contributed by atoms with Gasteiger partial charge in [0.05, 0.1) is 16.5 Å². The van der Waals surface area contributed by atoms with Crippen LogP contribution >= 0.6 is 0 Å². The number of hydrogen-bond acceptors (Lipinski definition) is 6. The molecule has 9 heteroatoms. The summed E-state index contributed by atoms with van der Waals surface area (Å²) < 4.78 is 6.53. The molecule has 2 aromatic rings. The molecule has 0 aliphatic carbocycles. The SMILES string of the molecule is CCNCC1CCN(C(=O)CCCn2c(=O)oc3cc([N+](=O)[O-])ccc32)CC1. The van der Waals surface area contributed by atoms with Crippen LogP contribution in [0.25, 0.3) is 11.1 Å². The van der Waals surface area contributed by atoms with Gasteiger partial charge < -0.3 is 14.6 Å². The van der Waals surface area contributed by atoms with Crippen LogP contribution in [0.2, 0.25) is 0 Å². The normalized spacial score (nSPS) is 15.2. The van der Waals surface area contributed by atoms with E-state index in [0.717, 1.165) is 39.0 Å². The molecule has 0 saturated carbocycles. The third-order valence-corrected chi connectivity index (χ3v) is 5.29.